The summed E-state index contributed by atoms with van der Waals surface area (Å²) in [4.78, 5) is 0. The second-order valence-corrected chi connectivity index (χ2v) is 9.04. The first kappa shape index (κ1) is 17.9. The highest BCUT2D eigenvalue weighted by Gasteiger charge is 2.36. The zero-order chi connectivity index (χ0) is 17.2. The monoisotopic (exact) mass is 352 g/mol. The number of benzene rings is 1. The lowest BCUT2D eigenvalue weighted by atomic mass is 9.91. The molecule has 0 saturated carbocycles. The second kappa shape index (κ2) is 7.52. The van der Waals surface area contributed by atoms with Gasteiger partial charge in [-0.3, -0.25) is 0 Å². The van der Waals surface area contributed by atoms with E-state index in [0.29, 0.717) is 32.1 Å². The quantitative estimate of drug-likeness (QED) is 0.835. The molecule has 0 bridgehead atoms. The van der Waals surface area contributed by atoms with E-state index in [4.69, 9.17) is 4.74 Å². The number of nitrogens with zero attached hydrogens (tertiary/aromatic N) is 2. The highest BCUT2D eigenvalue weighted by Crippen LogP contribution is 2.26. The Kier molecular flexibility index (Phi) is 5.59. The summed E-state index contributed by atoms with van der Waals surface area (Å²) in [6, 6.07) is 10.5. The molecule has 2 unspecified atom stereocenters. The fourth-order valence-corrected chi connectivity index (χ4v) is 5.57. The van der Waals surface area contributed by atoms with Gasteiger partial charge in [0.2, 0.25) is 0 Å². The number of hydrogen-bond donors (Lipinski definition) is 0. The van der Waals surface area contributed by atoms with Gasteiger partial charge in [-0.05, 0) is 44.6 Å². The predicted molar refractivity (Wildman–Crippen MR) is 94.9 cm³/mol. The summed E-state index contributed by atoms with van der Waals surface area (Å²) in [6.45, 7) is 6.03. The van der Waals surface area contributed by atoms with Gasteiger partial charge in [-0.25, -0.2) is 0 Å². The van der Waals surface area contributed by atoms with Crippen LogP contribution < -0.4 is 0 Å². The Morgan fingerprint density at radius 3 is 2.17 bits per heavy atom. The summed E-state index contributed by atoms with van der Waals surface area (Å²) < 4.78 is 34.7. The van der Waals surface area contributed by atoms with Crippen LogP contribution >= 0.6 is 0 Å². The molecule has 134 valence electrons. The minimum absolute atomic E-state index is 0.0425. The van der Waals surface area contributed by atoms with Gasteiger partial charge < -0.3 is 4.74 Å². The molecular formula is C18H28N2O3S. The molecule has 0 N–H and O–H groups in total. The maximum atomic E-state index is 12.9. The van der Waals surface area contributed by atoms with Crippen molar-refractivity contribution >= 4 is 10.2 Å². The molecular weight excluding hydrogens is 324 g/mol. The standard InChI is InChI=1S/C18H28N2O3S/c1-15-13-20(14-16(2)23-15)24(21,22)19-10-8-18(9-11-19)12-17-6-4-3-5-7-17/h3-7,15-16,18H,8-14H2,1-2H3. The number of rotatable bonds is 4. The van der Waals surface area contributed by atoms with E-state index in [2.05, 4.69) is 24.3 Å². The average Bonchev–Trinajstić information content (AvgIpc) is 2.55. The fourth-order valence-electron chi connectivity index (χ4n) is 3.77. The highest BCUT2D eigenvalue weighted by molar-refractivity contribution is 7.86. The molecule has 6 heteroatoms. The van der Waals surface area contributed by atoms with Gasteiger partial charge in [0.15, 0.2) is 0 Å². The molecule has 0 amide bonds. The number of ether oxygens (including phenoxy) is 1. The fraction of sp³-hybridized carbons (Fsp3) is 0.667. The Morgan fingerprint density at radius 1 is 1.00 bits per heavy atom. The largest absolute Gasteiger partial charge is 0.373 e. The zero-order valence-electron chi connectivity index (χ0n) is 14.6. The van der Waals surface area contributed by atoms with Gasteiger partial charge in [0.05, 0.1) is 12.2 Å². The van der Waals surface area contributed by atoms with Crippen LogP contribution in [0.25, 0.3) is 0 Å². The van der Waals surface area contributed by atoms with Gasteiger partial charge in [-0.15, -0.1) is 0 Å². The minimum Gasteiger partial charge on any atom is -0.373 e. The van der Waals surface area contributed by atoms with Gasteiger partial charge in [0.1, 0.15) is 0 Å². The van der Waals surface area contributed by atoms with Gasteiger partial charge in [-0.1, -0.05) is 30.3 Å². The van der Waals surface area contributed by atoms with Gasteiger partial charge >= 0.3 is 0 Å². The van der Waals surface area contributed by atoms with Crippen molar-refractivity contribution in [3.8, 4) is 0 Å². The Balaban J connectivity index is 1.57. The van der Waals surface area contributed by atoms with Crippen LogP contribution in [0, 0.1) is 5.92 Å². The van der Waals surface area contributed by atoms with Crippen LogP contribution in [0.3, 0.4) is 0 Å². The maximum Gasteiger partial charge on any atom is 0.282 e. The van der Waals surface area contributed by atoms with Crippen LogP contribution in [0.2, 0.25) is 0 Å². The lowest BCUT2D eigenvalue weighted by Gasteiger charge is -2.39. The first-order valence-electron chi connectivity index (χ1n) is 8.89. The van der Waals surface area contributed by atoms with E-state index >= 15 is 0 Å². The van der Waals surface area contributed by atoms with Crippen molar-refractivity contribution in [1.82, 2.24) is 8.61 Å². The Hall–Kier alpha value is -0.950. The molecule has 2 heterocycles. The lowest BCUT2D eigenvalue weighted by Crippen LogP contribution is -2.54. The molecule has 5 nitrogen and oxygen atoms in total. The van der Waals surface area contributed by atoms with Crippen molar-refractivity contribution in [1.29, 1.82) is 0 Å². The van der Waals surface area contributed by atoms with Crippen LogP contribution in [-0.4, -0.2) is 55.4 Å². The van der Waals surface area contributed by atoms with E-state index in [1.807, 2.05) is 19.9 Å². The van der Waals surface area contributed by atoms with Gasteiger partial charge in [0, 0.05) is 26.2 Å². The maximum absolute atomic E-state index is 12.9. The van der Waals surface area contributed by atoms with Crippen LogP contribution in [-0.2, 0) is 21.4 Å². The van der Waals surface area contributed by atoms with Crippen LogP contribution in [0.15, 0.2) is 30.3 Å². The van der Waals surface area contributed by atoms with Crippen molar-refractivity contribution in [2.75, 3.05) is 26.2 Å². The summed E-state index contributed by atoms with van der Waals surface area (Å²) in [5, 5.41) is 0. The minimum atomic E-state index is -3.36. The Bertz CT molecular complexity index is 617. The first-order chi connectivity index (χ1) is 11.4. The van der Waals surface area contributed by atoms with E-state index < -0.39 is 10.2 Å². The molecule has 1 aromatic rings. The Labute approximate surface area is 145 Å². The molecule has 1 aromatic carbocycles. The third-order valence-corrected chi connectivity index (χ3v) is 6.95. The highest BCUT2D eigenvalue weighted by atomic mass is 32.2. The van der Waals surface area contributed by atoms with Gasteiger partial charge in [-0.2, -0.15) is 17.0 Å². The van der Waals surface area contributed by atoms with Crippen molar-refractivity contribution in [3.05, 3.63) is 35.9 Å². The average molecular weight is 353 g/mol. The third-order valence-electron chi connectivity index (χ3n) is 4.98. The van der Waals surface area contributed by atoms with Crippen LogP contribution in [0.5, 0.6) is 0 Å². The smallest absolute Gasteiger partial charge is 0.282 e. The second-order valence-electron chi connectivity index (χ2n) is 7.11. The molecule has 3 rings (SSSR count). The summed E-state index contributed by atoms with van der Waals surface area (Å²) in [5.41, 5.74) is 1.34. The number of piperidine rings is 1. The van der Waals surface area contributed by atoms with Crippen molar-refractivity contribution in [2.24, 2.45) is 5.92 Å². The molecule has 0 aliphatic carbocycles. The van der Waals surface area contributed by atoms with E-state index in [9.17, 15) is 8.42 Å². The van der Waals surface area contributed by atoms with E-state index in [0.717, 1.165) is 19.3 Å². The molecule has 24 heavy (non-hydrogen) atoms. The van der Waals surface area contributed by atoms with Gasteiger partial charge in [0.25, 0.3) is 10.2 Å². The van der Waals surface area contributed by atoms with Crippen molar-refractivity contribution < 1.29 is 13.2 Å². The molecule has 0 aromatic heterocycles. The molecule has 2 aliphatic heterocycles. The van der Waals surface area contributed by atoms with E-state index in [1.165, 1.54) is 5.56 Å². The van der Waals surface area contributed by atoms with Crippen molar-refractivity contribution in [3.63, 3.8) is 0 Å². The molecule has 0 radical (unpaired) electrons. The molecule has 2 aliphatic rings. The SMILES string of the molecule is CC1CN(S(=O)(=O)N2CCC(Cc3ccccc3)CC2)CC(C)O1. The lowest BCUT2D eigenvalue weighted by molar-refractivity contribution is -0.0456. The van der Waals surface area contributed by atoms with E-state index in [-0.39, 0.29) is 12.2 Å². The topological polar surface area (TPSA) is 49.9 Å². The normalized spacial score (nSPS) is 28.1. The molecule has 2 fully saturated rings. The molecule has 2 saturated heterocycles. The molecule has 2 atom stereocenters. The van der Waals surface area contributed by atoms with Crippen molar-refractivity contribution in [2.45, 2.75) is 45.3 Å². The third kappa shape index (κ3) is 4.17. The summed E-state index contributed by atoms with van der Waals surface area (Å²) in [5.74, 6) is 0.571. The number of hydrogen-bond acceptors (Lipinski definition) is 3. The summed E-state index contributed by atoms with van der Waals surface area (Å²) >= 11 is 0. The Morgan fingerprint density at radius 2 is 1.58 bits per heavy atom. The first-order valence-corrected chi connectivity index (χ1v) is 10.3. The van der Waals surface area contributed by atoms with E-state index in [1.54, 1.807) is 8.61 Å². The van der Waals surface area contributed by atoms with Crippen LogP contribution in [0.1, 0.15) is 32.3 Å². The predicted octanol–water partition coefficient (Wildman–Crippen LogP) is 2.30. The summed E-state index contributed by atoms with van der Waals surface area (Å²) in [7, 11) is -3.36. The zero-order valence-corrected chi connectivity index (χ0v) is 15.4. The molecule has 0 spiro atoms. The number of morpholine rings is 1. The summed E-state index contributed by atoms with van der Waals surface area (Å²) in [6.07, 6.45) is 2.83. The van der Waals surface area contributed by atoms with Crippen LogP contribution in [0.4, 0.5) is 0 Å².